The van der Waals surface area contributed by atoms with E-state index in [1.807, 2.05) is 0 Å². The molecule has 1 N–H and O–H groups in total. The summed E-state index contributed by atoms with van der Waals surface area (Å²) in [6.07, 6.45) is 1.50. The molecule has 1 fully saturated rings. The molecule has 0 bridgehead atoms. The molecule has 1 saturated heterocycles. The summed E-state index contributed by atoms with van der Waals surface area (Å²) >= 11 is 3.95. The first-order chi connectivity index (χ1) is 11.8. The largest absolute Gasteiger partial charge is 0.503 e. The number of hydrogen-bond acceptors (Lipinski definition) is 7. The lowest BCUT2D eigenvalue weighted by atomic mass is 10.1. The van der Waals surface area contributed by atoms with Crippen LogP contribution in [0.25, 0.3) is 6.08 Å². The van der Waals surface area contributed by atoms with Gasteiger partial charge in [0.15, 0.2) is 11.5 Å². The Labute approximate surface area is 157 Å². The van der Waals surface area contributed by atoms with Gasteiger partial charge in [-0.1, -0.05) is 0 Å². The first-order valence-corrected chi connectivity index (χ1v) is 8.91. The number of nitrogens with zero attached hydrogens (tertiary/aromatic N) is 1. The van der Waals surface area contributed by atoms with Crippen LogP contribution in [0.2, 0.25) is 0 Å². The van der Waals surface area contributed by atoms with Gasteiger partial charge in [-0.25, -0.2) is 4.79 Å². The zero-order valence-electron chi connectivity index (χ0n) is 13.7. The number of carbonyl (C=O) groups excluding carboxylic acids is 3. The van der Waals surface area contributed by atoms with Gasteiger partial charge < -0.3 is 14.6 Å². The van der Waals surface area contributed by atoms with Crippen molar-refractivity contribution in [2.24, 2.45) is 0 Å². The average Bonchev–Trinajstić information content (AvgIpc) is 2.84. The standard InChI is InChI=1S/C16H16BrNO6S/c1-4-24-11-6-9(5-10(17)13(11)19)7-12-14(20)18(16(22)25-12)8(2)15(21)23-3/h5-8,19H,4H2,1-3H3/b12-7-/t8-/m1/s1. The van der Waals surface area contributed by atoms with E-state index in [1.165, 1.54) is 20.1 Å². The molecule has 1 aromatic rings. The topological polar surface area (TPSA) is 93.1 Å². The van der Waals surface area contributed by atoms with Crippen LogP contribution in [-0.2, 0) is 14.3 Å². The first kappa shape index (κ1) is 19.3. The number of esters is 1. The second-order valence-electron chi connectivity index (χ2n) is 5.03. The molecule has 0 aliphatic carbocycles. The molecular weight excluding hydrogens is 414 g/mol. The van der Waals surface area contributed by atoms with Gasteiger partial charge in [0.25, 0.3) is 11.1 Å². The summed E-state index contributed by atoms with van der Waals surface area (Å²) in [6, 6.07) is 2.14. The highest BCUT2D eigenvalue weighted by Gasteiger charge is 2.41. The Morgan fingerprint density at radius 1 is 1.44 bits per heavy atom. The van der Waals surface area contributed by atoms with Crippen LogP contribution < -0.4 is 4.74 Å². The molecule has 1 atom stereocenters. The van der Waals surface area contributed by atoms with E-state index in [-0.39, 0.29) is 16.4 Å². The highest BCUT2D eigenvalue weighted by Crippen LogP contribution is 2.38. The lowest BCUT2D eigenvalue weighted by molar-refractivity contribution is -0.148. The van der Waals surface area contributed by atoms with E-state index in [9.17, 15) is 19.5 Å². The van der Waals surface area contributed by atoms with Crippen LogP contribution >= 0.6 is 27.7 Å². The number of aromatic hydroxyl groups is 1. The van der Waals surface area contributed by atoms with Gasteiger partial charge in [-0.15, -0.1) is 0 Å². The van der Waals surface area contributed by atoms with Crippen molar-refractivity contribution in [1.29, 1.82) is 0 Å². The highest BCUT2D eigenvalue weighted by molar-refractivity contribution is 9.10. The molecule has 0 spiro atoms. The number of rotatable bonds is 5. The van der Waals surface area contributed by atoms with Crippen molar-refractivity contribution in [3.8, 4) is 11.5 Å². The van der Waals surface area contributed by atoms with Crippen molar-refractivity contribution < 1.29 is 29.0 Å². The molecule has 1 aliphatic heterocycles. The smallest absolute Gasteiger partial charge is 0.328 e. The van der Waals surface area contributed by atoms with E-state index >= 15 is 0 Å². The van der Waals surface area contributed by atoms with Crippen LogP contribution in [0.15, 0.2) is 21.5 Å². The molecule has 25 heavy (non-hydrogen) atoms. The van der Waals surface area contributed by atoms with Gasteiger partial charge in [0.05, 0.1) is 23.1 Å². The number of imide groups is 1. The quantitative estimate of drug-likeness (QED) is 0.567. The fourth-order valence-corrected chi connectivity index (χ4v) is 3.55. The number of thioether (sulfide) groups is 1. The summed E-state index contributed by atoms with van der Waals surface area (Å²) in [4.78, 5) is 37.2. The molecule has 0 unspecified atom stereocenters. The summed E-state index contributed by atoms with van der Waals surface area (Å²) in [6.45, 7) is 3.56. The summed E-state index contributed by atoms with van der Waals surface area (Å²) in [5.41, 5.74) is 0.560. The summed E-state index contributed by atoms with van der Waals surface area (Å²) < 4.78 is 10.3. The number of amides is 2. The molecule has 1 aromatic carbocycles. The van der Waals surface area contributed by atoms with Crippen LogP contribution in [0.1, 0.15) is 19.4 Å². The van der Waals surface area contributed by atoms with Crippen LogP contribution in [0, 0.1) is 0 Å². The van der Waals surface area contributed by atoms with Crippen molar-refractivity contribution in [1.82, 2.24) is 4.90 Å². The Bertz CT molecular complexity index is 763. The van der Waals surface area contributed by atoms with E-state index in [2.05, 4.69) is 20.7 Å². The van der Waals surface area contributed by atoms with E-state index < -0.39 is 23.2 Å². The number of hydrogen-bond donors (Lipinski definition) is 1. The number of benzene rings is 1. The van der Waals surface area contributed by atoms with Crippen molar-refractivity contribution in [2.45, 2.75) is 19.9 Å². The second kappa shape index (κ2) is 7.92. The van der Waals surface area contributed by atoms with Gasteiger partial charge in [0.2, 0.25) is 0 Å². The van der Waals surface area contributed by atoms with Gasteiger partial charge in [0.1, 0.15) is 6.04 Å². The molecule has 134 valence electrons. The molecule has 0 radical (unpaired) electrons. The summed E-state index contributed by atoms with van der Waals surface area (Å²) in [7, 11) is 1.19. The number of phenols is 1. The zero-order chi connectivity index (χ0) is 18.7. The summed E-state index contributed by atoms with van der Waals surface area (Å²) in [5.74, 6) is -1.04. The lowest BCUT2D eigenvalue weighted by Crippen LogP contribution is -2.42. The van der Waals surface area contributed by atoms with Crippen molar-refractivity contribution in [3.05, 3.63) is 27.1 Å². The van der Waals surface area contributed by atoms with Crippen molar-refractivity contribution in [2.75, 3.05) is 13.7 Å². The molecule has 0 aromatic heterocycles. The van der Waals surface area contributed by atoms with E-state index in [0.29, 0.717) is 16.6 Å². The third kappa shape index (κ3) is 3.98. The predicted molar refractivity (Wildman–Crippen MR) is 96.3 cm³/mol. The molecular formula is C16H16BrNO6S. The Morgan fingerprint density at radius 3 is 2.72 bits per heavy atom. The van der Waals surface area contributed by atoms with Gasteiger partial charge >= 0.3 is 5.97 Å². The Hall–Kier alpha value is -2.00. The predicted octanol–water partition coefficient (Wildman–Crippen LogP) is 3.15. The molecule has 1 heterocycles. The third-order valence-electron chi connectivity index (χ3n) is 3.40. The number of carbonyl (C=O) groups is 3. The number of methoxy groups -OCH3 is 1. The second-order valence-corrected chi connectivity index (χ2v) is 6.88. The maximum atomic E-state index is 12.5. The van der Waals surface area contributed by atoms with Gasteiger partial charge in [-0.05, 0) is 65.3 Å². The van der Waals surface area contributed by atoms with Gasteiger partial charge in [0, 0.05) is 0 Å². The van der Waals surface area contributed by atoms with E-state index in [0.717, 1.165) is 16.7 Å². The summed E-state index contributed by atoms with van der Waals surface area (Å²) in [5, 5.41) is 9.39. The number of ether oxygens (including phenoxy) is 2. The zero-order valence-corrected chi connectivity index (χ0v) is 16.1. The molecule has 1 aliphatic rings. The normalized spacial score (nSPS) is 17.1. The third-order valence-corrected chi connectivity index (χ3v) is 4.89. The van der Waals surface area contributed by atoms with Crippen molar-refractivity contribution >= 4 is 50.9 Å². The molecule has 9 heteroatoms. The van der Waals surface area contributed by atoms with Crippen molar-refractivity contribution in [3.63, 3.8) is 0 Å². The van der Waals surface area contributed by atoms with E-state index in [1.54, 1.807) is 19.1 Å². The lowest BCUT2D eigenvalue weighted by Gasteiger charge is -2.18. The minimum atomic E-state index is -1.01. The monoisotopic (exact) mass is 429 g/mol. The Kier molecular flexibility index (Phi) is 6.12. The number of halogens is 1. The van der Waals surface area contributed by atoms with Crippen LogP contribution in [0.3, 0.4) is 0 Å². The van der Waals surface area contributed by atoms with Gasteiger partial charge in [-0.3, -0.25) is 14.5 Å². The van der Waals surface area contributed by atoms with Crippen LogP contribution in [0.4, 0.5) is 4.79 Å². The molecule has 7 nitrogen and oxygen atoms in total. The highest BCUT2D eigenvalue weighted by atomic mass is 79.9. The van der Waals surface area contributed by atoms with Gasteiger partial charge in [-0.2, -0.15) is 0 Å². The van der Waals surface area contributed by atoms with Crippen LogP contribution in [0.5, 0.6) is 11.5 Å². The molecule has 2 rings (SSSR count). The maximum Gasteiger partial charge on any atom is 0.328 e. The molecule has 0 saturated carbocycles. The van der Waals surface area contributed by atoms with Crippen LogP contribution in [-0.4, -0.2) is 46.9 Å². The fraction of sp³-hybridized carbons (Fsp3) is 0.312. The SMILES string of the molecule is CCOc1cc(/C=C2\SC(=O)N([C@H](C)C(=O)OC)C2=O)cc(Br)c1O. The first-order valence-electron chi connectivity index (χ1n) is 7.30. The Morgan fingerprint density at radius 2 is 2.12 bits per heavy atom. The maximum absolute atomic E-state index is 12.5. The minimum Gasteiger partial charge on any atom is -0.503 e. The molecule has 2 amide bonds. The Balaban J connectivity index is 2.35. The fourth-order valence-electron chi connectivity index (χ4n) is 2.18. The number of phenolic OH excluding ortho intramolecular Hbond substituents is 1. The minimum absolute atomic E-state index is 0.0496. The average molecular weight is 430 g/mol. The van der Waals surface area contributed by atoms with E-state index in [4.69, 9.17) is 4.74 Å².